The zero-order valence-electron chi connectivity index (χ0n) is 20.7. The average molecular weight is 429 g/mol. The first kappa shape index (κ1) is 22.5. The molecule has 0 N–H and O–H groups in total. The molecule has 0 radical (unpaired) electrons. The van der Waals surface area contributed by atoms with Gasteiger partial charge < -0.3 is 4.43 Å². The number of carbonyl (C=O) groups excluding carboxylic acids is 1. The Labute approximate surface area is 186 Å². The zero-order chi connectivity index (χ0) is 22.1. The number of fused-ring (bicyclic) bond motifs is 5. The van der Waals surface area contributed by atoms with Crippen LogP contribution in [-0.4, -0.2) is 20.2 Å². The van der Waals surface area contributed by atoms with Crippen LogP contribution in [0.5, 0.6) is 0 Å². The minimum Gasteiger partial charge on any atom is -0.414 e. The largest absolute Gasteiger partial charge is 0.414 e. The maximum atomic E-state index is 12.8. The average Bonchev–Trinajstić information content (AvgIpc) is 2.90. The summed E-state index contributed by atoms with van der Waals surface area (Å²) in [6.07, 6.45) is 13.1. The Morgan fingerprint density at radius 2 is 1.73 bits per heavy atom. The highest BCUT2D eigenvalue weighted by Crippen LogP contribution is 2.65. The molecule has 0 amide bonds. The highest BCUT2D eigenvalue weighted by atomic mass is 28.4. The molecule has 4 aliphatic rings. The number of Topliss-reactive ketones (excluding diaryl/α,β-unsaturated/α-hetero) is 1. The molecule has 4 rings (SSSR count). The summed E-state index contributed by atoms with van der Waals surface area (Å²) in [5, 5.41) is 0.271. The van der Waals surface area contributed by atoms with E-state index in [1.54, 1.807) is 5.57 Å². The molecule has 0 aromatic rings. The van der Waals surface area contributed by atoms with Crippen LogP contribution >= 0.6 is 0 Å². The Morgan fingerprint density at radius 3 is 2.37 bits per heavy atom. The smallest absolute Gasteiger partial charge is 0.192 e. The molecule has 168 valence electrons. The molecule has 6 atom stereocenters. The lowest BCUT2D eigenvalue weighted by molar-refractivity contribution is -0.115. The van der Waals surface area contributed by atoms with Gasteiger partial charge in [-0.1, -0.05) is 52.3 Å². The molecule has 3 saturated carbocycles. The molecule has 4 aliphatic carbocycles. The van der Waals surface area contributed by atoms with Crippen molar-refractivity contribution in [1.29, 1.82) is 0 Å². The van der Waals surface area contributed by atoms with Gasteiger partial charge in [-0.15, -0.1) is 0 Å². The SMILES string of the molecule is CC=C1C(=O)C[C@H]2[C@@H]3CC=C4CC(O[Si](C)(C)C(C)(C)C)CC[C@]4(C)[C@H]3CC[C@]12C. The van der Waals surface area contributed by atoms with Crippen molar-refractivity contribution in [2.75, 3.05) is 0 Å². The molecule has 1 unspecified atom stereocenters. The molecule has 0 heterocycles. The topological polar surface area (TPSA) is 26.3 Å². The van der Waals surface area contributed by atoms with Gasteiger partial charge in [0.15, 0.2) is 14.1 Å². The van der Waals surface area contributed by atoms with Gasteiger partial charge in [-0.05, 0) is 97.7 Å². The van der Waals surface area contributed by atoms with E-state index in [2.05, 4.69) is 66.8 Å². The Bertz CT molecular complexity index is 785. The lowest BCUT2D eigenvalue weighted by Crippen LogP contribution is -2.51. The second kappa shape index (κ2) is 7.17. The second-order valence-electron chi connectivity index (χ2n) is 12.8. The number of hydrogen-bond acceptors (Lipinski definition) is 2. The van der Waals surface area contributed by atoms with E-state index in [1.807, 2.05) is 0 Å². The fourth-order valence-electron chi connectivity index (χ4n) is 7.47. The van der Waals surface area contributed by atoms with Crippen LogP contribution in [0.25, 0.3) is 0 Å². The van der Waals surface area contributed by atoms with Crippen molar-refractivity contribution in [2.45, 2.75) is 111 Å². The Hall–Kier alpha value is -0.673. The third-order valence-electron chi connectivity index (χ3n) is 10.3. The van der Waals surface area contributed by atoms with E-state index in [0.29, 0.717) is 29.1 Å². The van der Waals surface area contributed by atoms with Gasteiger partial charge in [0, 0.05) is 12.5 Å². The van der Waals surface area contributed by atoms with Crippen LogP contribution in [0.4, 0.5) is 0 Å². The first-order valence-electron chi connectivity index (χ1n) is 12.4. The molecule has 0 aliphatic heterocycles. The van der Waals surface area contributed by atoms with E-state index >= 15 is 0 Å². The van der Waals surface area contributed by atoms with Crippen LogP contribution in [0.15, 0.2) is 23.3 Å². The molecule has 0 saturated heterocycles. The van der Waals surface area contributed by atoms with E-state index in [1.165, 1.54) is 32.1 Å². The third-order valence-corrected chi connectivity index (χ3v) is 14.9. The first-order valence-corrected chi connectivity index (χ1v) is 15.3. The molecule has 2 nitrogen and oxygen atoms in total. The second-order valence-corrected chi connectivity index (χ2v) is 17.5. The summed E-state index contributed by atoms with van der Waals surface area (Å²) >= 11 is 0. The van der Waals surface area contributed by atoms with E-state index in [9.17, 15) is 4.79 Å². The monoisotopic (exact) mass is 428 g/mol. The lowest BCUT2D eigenvalue weighted by atomic mass is 9.48. The highest BCUT2D eigenvalue weighted by molar-refractivity contribution is 6.74. The van der Waals surface area contributed by atoms with Gasteiger partial charge in [0.2, 0.25) is 0 Å². The van der Waals surface area contributed by atoms with E-state index < -0.39 is 8.32 Å². The predicted molar refractivity (Wildman–Crippen MR) is 128 cm³/mol. The van der Waals surface area contributed by atoms with Crippen molar-refractivity contribution >= 4 is 14.1 Å². The van der Waals surface area contributed by atoms with Crippen molar-refractivity contribution in [2.24, 2.45) is 28.6 Å². The maximum absolute atomic E-state index is 12.8. The van der Waals surface area contributed by atoms with E-state index in [-0.39, 0.29) is 10.5 Å². The zero-order valence-corrected chi connectivity index (χ0v) is 21.7. The van der Waals surface area contributed by atoms with Crippen molar-refractivity contribution in [3.05, 3.63) is 23.3 Å². The summed E-state index contributed by atoms with van der Waals surface area (Å²) in [6, 6.07) is 0. The molecule has 0 spiro atoms. The maximum Gasteiger partial charge on any atom is 0.192 e. The van der Waals surface area contributed by atoms with Gasteiger partial charge in [0.1, 0.15) is 0 Å². The van der Waals surface area contributed by atoms with Crippen LogP contribution < -0.4 is 0 Å². The van der Waals surface area contributed by atoms with Gasteiger partial charge in [0.05, 0.1) is 0 Å². The van der Waals surface area contributed by atoms with Crippen LogP contribution in [-0.2, 0) is 9.22 Å². The molecule has 0 bridgehead atoms. The number of rotatable bonds is 2. The van der Waals surface area contributed by atoms with E-state index in [0.717, 1.165) is 24.3 Å². The molecule has 3 fully saturated rings. The van der Waals surface area contributed by atoms with E-state index in [4.69, 9.17) is 4.43 Å². The number of ketones is 1. The van der Waals surface area contributed by atoms with Crippen LogP contribution in [0.2, 0.25) is 18.1 Å². The lowest BCUT2D eigenvalue weighted by Gasteiger charge is -2.57. The van der Waals surface area contributed by atoms with Crippen molar-refractivity contribution in [3.8, 4) is 0 Å². The van der Waals surface area contributed by atoms with Gasteiger partial charge in [-0.3, -0.25) is 4.79 Å². The van der Waals surface area contributed by atoms with Crippen LogP contribution in [0.1, 0.15) is 86.5 Å². The summed E-state index contributed by atoms with van der Waals surface area (Å²) in [5.74, 6) is 2.40. The van der Waals surface area contributed by atoms with Crippen LogP contribution in [0.3, 0.4) is 0 Å². The Kier molecular flexibility index (Phi) is 5.38. The summed E-state index contributed by atoms with van der Waals surface area (Å²) in [4.78, 5) is 12.8. The molecule has 3 heteroatoms. The number of allylic oxidation sites excluding steroid dienone is 3. The minimum atomic E-state index is -1.73. The van der Waals surface area contributed by atoms with Gasteiger partial charge >= 0.3 is 0 Å². The number of carbonyl (C=O) groups is 1. The highest BCUT2D eigenvalue weighted by Gasteiger charge is 2.59. The van der Waals surface area contributed by atoms with Gasteiger partial charge in [-0.2, -0.15) is 0 Å². The van der Waals surface area contributed by atoms with Crippen molar-refractivity contribution in [1.82, 2.24) is 0 Å². The number of hydrogen-bond donors (Lipinski definition) is 0. The van der Waals surface area contributed by atoms with Gasteiger partial charge in [0.25, 0.3) is 0 Å². The van der Waals surface area contributed by atoms with Crippen LogP contribution in [0, 0.1) is 28.6 Å². The molecular formula is C27H44O2Si. The van der Waals surface area contributed by atoms with Crippen molar-refractivity contribution in [3.63, 3.8) is 0 Å². The molecule has 0 aromatic heterocycles. The molecule has 0 aromatic carbocycles. The minimum absolute atomic E-state index is 0.122. The predicted octanol–water partition coefficient (Wildman–Crippen LogP) is 7.46. The fraction of sp³-hybridized carbons (Fsp3) is 0.815. The molecular weight excluding hydrogens is 384 g/mol. The normalized spacial score (nSPS) is 43.1. The summed E-state index contributed by atoms with van der Waals surface area (Å²) in [7, 11) is -1.73. The first-order chi connectivity index (χ1) is 13.8. The third kappa shape index (κ3) is 3.25. The fourth-order valence-corrected chi connectivity index (χ4v) is 8.86. The van der Waals surface area contributed by atoms with Crippen molar-refractivity contribution < 1.29 is 9.22 Å². The summed E-state index contributed by atoms with van der Waals surface area (Å²) < 4.78 is 6.85. The Morgan fingerprint density at radius 1 is 1.07 bits per heavy atom. The summed E-state index contributed by atoms with van der Waals surface area (Å²) in [6.45, 7) is 18.8. The quantitative estimate of drug-likeness (QED) is 0.259. The standard InChI is InChI=1S/C27H44O2Si/c1-9-21-24(28)17-23-20-11-10-18-16-19(29-30(7,8)25(2,3)4)12-14-26(18,5)22(20)13-15-27(21,23)6/h9-10,19-20,22-23H,11-17H2,1-8H3/t19?,20-,22+,23+,26+,27-/m1/s1. The molecule has 30 heavy (non-hydrogen) atoms. The summed E-state index contributed by atoms with van der Waals surface area (Å²) in [5.41, 5.74) is 3.26. The Balaban J connectivity index is 1.56. The van der Waals surface area contributed by atoms with Gasteiger partial charge in [-0.25, -0.2) is 0 Å².